The van der Waals surface area contributed by atoms with E-state index in [0.29, 0.717) is 16.7 Å². The maximum absolute atomic E-state index is 12.4. The average molecular weight is 303 g/mol. The Morgan fingerprint density at radius 2 is 2.21 bits per heavy atom. The first-order valence-electron chi connectivity index (χ1n) is 6.69. The number of thiophene rings is 1. The lowest BCUT2D eigenvalue weighted by Gasteiger charge is -2.20. The predicted molar refractivity (Wildman–Crippen MR) is 76.5 cm³/mol. The zero-order valence-electron chi connectivity index (χ0n) is 11.3. The van der Waals surface area contributed by atoms with Crippen molar-refractivity contribution in [2.45, 2.75) is 50.7 Å². The zero-order valence-corrected chi connectivity index (χ0v) is 12.9. The number of hydrogen-bond donors (Lipinski definition) is 2. The van der Waals surface area contributed by atoms with Crippen LogP contribution >= 0.6 is 11.3 Å². The minimum Gasteiger partial charge on any atom is -0.391 e. The Morgan fingerprint density at radius 3 is 2.79 bits per heavy atom. The van der Waals surface area contributed by atoms with E-state index in [-0.39, 0.29) is 17.5 Å². The van der Waals surface area contributed by atoms with Crippen molar-refractivity contribution in [3.8, 4) is 0 Å². The Balaban J connectivity index is 2.15. The lowest BCUT2D eigenvalue weighted by Crippen LogP contribution is -2.37. The second-order valence-corrected chi connectivity index (χ2v) is 7.88. The summed E-state index contributed by atoms with van der Waals surface area (Å²) < 4.78 is 27.5. The number of nitrogens with one attached hydrogen (secondary N) is 1. The van der Waals surface area contributed by atoms with Gasteiger partial charge in [0, 0.05) is 10.9 Å². The average Bonchev–Trinajstić information content (AvgIpc) is 2.97. The first-order valence-corrected chi connectivity index (χ1v) is 9.05. The normalized spacial score (nSPS) is 27.8. The van der Waals surface area contributed by atoms with Crippen LogP contribution in [0, 0.1) is 11.8 Å². The first-order chi connectivity index (χ1) is 8.99. The van der Waals surface area contributed by atoms with E-state index in [1.165, 1.54) is 11.3 Å². The summed E-state index contributed by atoms with van der Waals surface area (Å²) in [6, 6.07) is 1.58. The molecule has 2 N–H and O–H groups in total. The highest BCUT2D eigenvalue weighted by molar-refractivity contribution is 7.89. The lowest BCUT2D eigenvalue weighted by atomic mass is 9.94. The van der Waals surface area contributed by atoms with E-state index < -0.39 is 10.0 Å². The fourth-order valence-corrected chi connectivity index (χ4v) is 5.59. The van der Waals surface area contributed by atoms with Crippen molar-refractivity contribution in [1.29, 1.82) is 0 Å². The van der Waals surface area contributed by atoms with Crippen LogP contribution in [0.4, 0.5) is 0 Å². The molecule has 1 aromatic rings. The highest BCUT2D eigenvalue weighted by Gasteiger charge is 2.35. The fraction of sp³-hybridized carbons (Fsp3) is 0.692. The van der Waals surface area contributed by atoms with Crippen molar-refractivity contribution in [2.24, 2.45) is 11.8 Å². The molecule has 2 rings (SSSR count). The van der Waals surface area contributed by atoms with Crippen LogP contribution < -0.4 is 4.72 Å². The van der Waals surface area contributed by atoms with Crippen LogP contribution in [0.2, 0.25) is 0 Å². The number of aliphatic hydroxyl groups excluding tert-OH is 1. The summed E-state index contributed by atoms with van der Waals surface area (Å²) in [5, 5.41) is 10.9. The van der Waals surface area contributed by atoms with Gasteiger partial charge in [0.1, 0.15) is 0 Å². The van der Waals surface area contributed by atoms with E-state index in [4.69, 9.17) is 0 Å². The van der Waals surface area contributed by atoms with Crippen molar-refractivity contribution >= 4 is 21.4 Å². The maximum Gasteiger partial charge on any atom is 0.242 e. The van der Waals surface area contributed by atoms with Crippen molar-refractivity contribution in [3.05, 3.63) is 16.3 Å². The molecule has 1 aromatic heterocycles. The zero-order chi connectivity index (χ0) is 14.0. The molecular formula is C13H21NO3S2. The van der Waals surface area contributed by atoms with Gasteiger partial charge in [-0.1, -0.05) is 20.3 Å². The fourth-order valence-electron chi connectivity index (χ4n) is 2.94. The van der Waals surface area contributed by atoms with Gasteiger partial charge in [0.25, 0.3) is 0 Å². The third-order valence-electron chi connectivity index (χ3n) is 4.20. The summed E-state index contributed by atoms with van der Waals surface area (Å²) in [6.45, 7) is 4.04. The van der Waals surface area contributed by atoms with E-state index >= 15 is 0 Å². The van der Waals surface area contributed by atoms with E-state index in [1.54, 1.807) is 11.4 Å². The van der Waals surface area contributed by atoms with Gasteiger partial charge < -0.3 is 5.11 Å². The summed E-state index contributed by atoms with van der Waals surface area (Å²) in [4.78, 5) is 0.734. The highest BCUT2D eigenvalue weighted by Crippen LogP contribution is 2.35. The summed E-state index contributed by atoms with van der Waals surface area (Å²) >= 11 is 1.27. The Bertz CT molecular complexity index is 524. The molecule has 1 saturated carbocycles. The molecule has 0 aliphatic heterocycles. The second-order valence-electron chi connectivity index (χ2n) is 5.20. The molecule has 108 valence electrons. The Hall–Kier alpha value is -0.430. The van der Waals surface area contributed by atoms with Gasteiger partial charge in [-0.2, -0.15) is 0 Å². The van der Waals surface area contributed by atoms with Crippen molar-refractivity contribution < 1.29 is 13.5 Å². The summed E-state index contributed by atoms with van der Waals surface area (Å²) in [6.07, 6.45) is 3.08. The Labute approximate surface area is 118 Å². The van der Waals surface area contributed by atoms with Crippen LogP contribution in [0.1, 0.15) is 38.0 Å². The Morgan fingerprint density at radius 1 is 1.47 bits per heavy atom. The van der Waals surface area contributed by atoms with Gasteiger partial charge in [-0.25, -0.2) is 13.1 Å². The van der Waals surface area contributed by atoms with Gasteiger partial charge in [-0.05, 0) is 36.1 Å². The molecule has 6 heteroatoms. The summed E-state index contributed by atoms with van der Waals surface area (Å²) in [5.74, 6) is 0.975. The molecular weight excluding hydrogens is 282 g/mol. The lowest BCUT2D eigenvalue weighted by molar-refractivity contribution is 0.282. The predicted octanol–water partition coefficient (Wildman–Crippen LogP) is 2.34. The molecule has 1 aliphatic carbocycles. The van der Waals surface area contributed by atoms with E-state index in [1.807, 2.05) is 0 Å². The molecule has 3 atom stereocenters. The minimum absolute atomic E-state index is 0.0152. The largest absolute Gasteiger partial charge is 0.391 e. The minimum atomic E-state index is -3.51. The molecule has 1 heterocycles. The van der Waals surface area contributed by atoms with Gasteiger partial charge in [0.2, 0.25) is 10.0 Å². The SMILES string of the molecule is CCC1CCC(NS(=O)(=O)c2ccsc2CO)C1C. The molecule has 0 bridgehead atoms. The molecule has 4 nitrogen and oxygen atoms in total. The number of aliphatic hydroxyl groups is 1. The van der Waals surface area contributed by atoms with Gasteiger partial charge in [0.15, 0.2) is 0 Å². The van der Waals surface area contributed by atoms with Crippen LogP contribution in [-0.2, 0) is 16.6 Å². The molecule has 0 amide bonds. The molecule has 3 unspecified atom stereocenters. The molecule has 0 aromatic carbocycles. The topological polar surface area (TPSA) is 66.4 Å². The quantitative estimate of drug-likeness (QED) is 0.877. The molecule has 0 radical (unpaired) electrons. The second kappa shape index (κ2) is 5.91. The molecule has 1 aliphatic rings. The molecule has 19 heavy (non-hydrogen) atoms. The third kappa shape index (κ3) is 3.02. The highest BCUT2D eigenvalue weighted by atomic mass is 32.2. The molecule has 0 spiro atoms. The van der Waals surface area contributed by atoms with E-state index in [0.717, 1.165) is 19.3 Å². The van der Waals surface area contributed by atoms with E-state index in [9.17, 15) is 13.5 Å². The summed E-state index contributed by atoms with van der Waals surface area (Å²) in [5.41, 5.74) is 0. The standard InChI is InChI=1S/C13H21NO3S2/c1-3-10-4-5-11(9(10)2)14-19(16,17)13-6-7-18-12(13)8-15/h6-7,9-11,14-15H,3-5,8H2,1-2H3. The van der Waals surface area contributed by atoms with Gasteiger partial charge >= 0.3 is 0 Å². The van der Waals surface area contributed by atoms with Crippen molar-refractivity contribution in [3.63, 3.8) is 0 Å². The first kappa shape index (κ1) is 15.0. The molecule has 0 saturated heterocycles. The van der Waals surface area contributed by atoms with Gasteiger partial charge in [0.05, 0.1) is 11.5 Å². The monoisotopic (exact) mass is 303 g/mol. The van der Waals surface area contributed by atoms with Gasteiger partial charge in [-0.15, -0.1) is 11.3 Å². The third-order valence-corrected chi connectivity index (χ3v) is 6.80. The van der Waals surface area contributed by atoms with Crippen LogP contribution in [0.25, 0.3) is 0 Å². The van der Waals surface area contributed by atoms with Crippen LogP contribution in [0.15, 0.2) is 16.3 Å². The van der Waals surface area contributed by atoms with Gasteiger partial charge in [-0.3, -0.25) is 0 Å². The van der Waals surface area contributed by atoms with Crippen molar-refractivity contribution in [1.82, 2.24) is 4.72 Å². The van der Waals surface area contributed by atoms with Crippen LogP contribution in [0.5, 0.6) is 0 Å². The Kier molecular flexibility index (Phi) is 4.66. The smallest absolute Gasteiger partial charge is 0.242 e. The van der Waals surface area contributed by atoms with Crippen LogP contribution in [0.3, 0.4) is 0 Å². The number of sulfonamides is 1. The van der Waals surface area contributed by atoms with Crippen molar-refractivity contribution in [2.75, 3.05) is 0 Å². The number of rotatable bonds is 5. The van der Waals surface area contributed by atoms with Crippen LogP contribution in [-0.4, -0.2) is 19.6 Å². The molecule has 1 fully saturated rings. The number of hydrogen-bond acceptors (Lipinski definition) is 4. The summed E-state index contributed by atoms with van der Waals surface area (Å²) in [7, 11) is -3.51. The van der Waals surface area contributed by atoms with E-state index in [2.05, 4.69) is 18.6 Å². The maximum atomic E-state index is 12.4.